The summed E-state index contributed by atoms with van der Waals surface area (Å²) in [6, 6.07) is 3.68. The highest BCUT2D eigenvalue weighted by atomic mass is 16.5. The average molecular weight is 281 g/mol. The fraction of sp³-hybridized carbons (Fsp3) is 0.667. The maximum absolute atomic E-state index is 5.83. The van der Waals surface area contributed by atoms with E-state index in [1.165, 1.54) is 0 Å². The van der Waals surface area contributed by atoms with Crippen LogP contribution in [-0.4, -0.2) is 30.3 Å². The zero-order chi connectivity index (χ0) is 15.0. The molecule has 1 aromatic heterocycles. The van der Waals surface area contributed by atoms with Crippen molar-refractivity contribution in [1.29, 1.82) is 0 Å². The Balaban J connectivity index is 2.33. The van der Waals surface area contributed by atoms with Gasteiger partial charge in [-0.05, 0) is 52.7 Å². The van der Waals surface area contributed by atoms with Crippen LogP contribution in [0.5, 0.6) is 5.88 Å². The summed E-state index contributed by atoms with van der Waals surface area (Å²) in [6.07, 6.45) is 2.44. The van der Waals surface area contributed by atoms with Gasteiger partial charge in [-0.25, -0.2) is 0 Å². The summed E-state index contributed by atoms with van der Waals surface area (Å²) in [5.74, 6) is 1.28. The number of hydrogen-bond acceptors (Lipinski definition) is 5. The number of anilines is 2. The standard InChI is InChI=1S/C15H27N3O2/c1-11(2)19-10-6-5-9-17-14-8-7-13(16)15(18-14)20-12(3)4/h7-8,11-12H,5-6,9-10,16H2,1-4H3,(H,17,18). The van der Waals surface area contributed by atoms with Crippen molar-refractivity contribution in [2.45, 2.75) is 52.7 Å². The van der Waals surface area contributed by atoms with Crippen molar-refractivity contribution in [2.24, 2.45) is 0 Å². The number of hydrogen-bond donors (Lipinski definition) is 2. The summed E-state index contributed by atoms with van der Waals surface area (Å²) in [6.45, 7) is 9.67. The second-order valence-corrected chi connectivity index (χ2v) is 5.31. The van der Waals surface area contributed by atoms with Gasteiger partial charge in [0.15, 0.2) is 0 Å². The van der Waals surface area contributed by atoms with Crippen LogP contribution in [0.3, 0.4) is 0 Å². The van der Waals surface area contributed by atoms with E-state index in [0.29, 0.717) is 17.7 Å². The van der Waals surface area contributed by atoms with Gasteiger partial charge in [-0.15, -0.1) is 0 Å². The highest BCUT2D eigenvalue weighted by Gasteiger charge is 2.06. The number of rotatable bonds is 9. The van der Waals surface area contributed by atoms with Crippen LogP contribution in [0.25, 0.3) is 0 Å². The van der Waals surface area contributed by atoms with Gasteiger partial charge >= 0.3 is 0 Å². The van der Waals surface area contributed by atoms with E-state index in [2.05, 4.69) is 10.3 Å². The van der Waals surface area contributed by atoms with Gasteiger partial charge in [0.05, 0.1) is 17.9 Å². The maximum atomic E-state index is 5.83. The third kappa shape index (κ3) is 6.61. The molecule has 1 aromatic rings. The molecule has 0 saturated carbocycles. The van der Waals surface area contributed by atoms with Crippen molar-refractivity contribution in [2.75, 3.05) is 24.2 Å². The first-order valence-corrected chi connectivity index (χ1v) is 7.27. The predicted octanol–water partition coefficient (Wildman–Crippen LogP) is 3.07. The Morgan fingerprint density at radius 3 is 2.55 bits per heavy atom. The Hall–Kier alpha value is -1.49. The Morgan fingerprint density at radius 1 is 1.15 bits per heavy atom. The highest BCUT2D eigenvalue weighted by Crippen LogP contribution is 2.21. The van der Waals surface area contributed by atoms with Crippen LogP contribution in [-0.2, 0) is 4.74 Å². The first-order chi connectivity index (χ1) is 9.49. The number of nitrogens with one attached hydrogen (secondary N) is 1. The lowest BCUT2D eigenvalue weighted by molar-refractivity contribution is 0.0765. The normalized spacial score (nSPS) is 11.1. The molecule has 0 aliphatic heterocycles. The maximum Gasteiger partial charge on any atom is 0.239 e. The average Bonchev–Trinajstić information content (AvgIpc) is 2.36. The summed E-state index contributed by atoms with van der Waals surface area (Å²) in [7, 11) is 0. The molecule has 0 bridgehead atoms. The predicted molar refractivity (Wildman–Crippen MR) is 83.2 cm³/mol. The molecule has 0 aliphatic carbocycles. The van der Waals surface area contributed by atoms with Gasteiger partial charge in [-0.1, -0.05) is 0 Å². The Bertz CT molecular complexity index is 395. The molecule has 0 saturated heterocycles. The SMILES string of the molecule is CC(C)OCCCCNc1ccc(N)c(OC(C)C)n1. The first-order valence-electron chi connectivity index (χ1n) is 7.27. The van der Waals surface area contributed by atoms with Crippen LogP contribution >= 0.6 is 0 Å². The molecule has 5 heteroatoms. The van der Waals surface area contributed by atoms with Crippen LogP contribution in [0.4, 0.5) is 11.5 Å². The highest BCUT2D eigenvalue weighted by molar-refractivity contribution is 5.53. The van der Waals surface area contributed by atoms with Crippen LogP contribution in [0, 0.1) is 0 Å². The summed E-state index contributed by atoms with van der Waals surface area (Å²) in [5.41, 5.74) is 6.39. The summed E-state index contributed by atoms with van der Waals surface area (Å²) < 4.78 is 11.1. The molecule has 0 amide bonds. The quantitative estimate of drug-likeness (QED) is 0.681. The van der Waals surface area contributed by atoms with E-state index in [9.17, 15) is 0 Å². The van der Waals surface area contributed by atoms with Gasteiger partial charge in [0.2, 0.25) is 5.88 Å². The molecule has 0 aromatic carbocycles. The summed E-state index contributed by atoms with van der Waals surface area (Å²) >= 11 is 0. The molecule has 0 aliphatic rings. The molecule has 5 nitrogen and oxygen atoms in total. The molecule has 0 atom stereocenters. The Kier molecular flexibility index (Phi) is 7.15. The van der Waals surface area contributed by atoms with Crippen LogP contribution in [0.15, 0.2) is 12.1 Å². The third-order valence-corrected chi connectivity index (χ3v) is 2.57. The fourth-order valence-electron chi connectivity index (χ4n) is 1.63. The number of nitrogen functional groups attached to an aromatic ring is 1. The second-order valence-electron chi connectivity index (χ2n) is 5.31. The van der Waals surface area contributed by atoms with Crippen molar-refractivity contribution >= 4 is 11.5 Å². The van der Waals surface area contributed by atoms with Crippen LogP contribution in [0.2, 0.25) is 0 Å². The smallest absolute Gasteiger partial charge is 0.239 e. The zero-order valence-electron chi connectivity index (χ0n) is 13.0. The van der Waals surface area contributed by atoms with E-state index in [1.54, 1.807) is 0 Å². The van der Waals surface area contributed by atoms with Gasteiger partial charge in [0.25, 0.3) is 0 Å². The van der Waals surface area contributed by atoms with Crippen molar-refractivity contribution < 1.29 is 9.47 Å². The number of nitrogens with two attached hydrogens (primary N) is 1. The topological polar surface area (TPSA) is 69.4 Å². The lowest BCUT2D eigenvalue weighted by Gasteiger charge is -2.13. The number of pyridine rings is 1. The minimum atomic E-state index is 0.0632. The van der Waals surface area contributed by atoms with Gasteiger partial charge in [-0.2, -0.15) is 4.98 Å². The third-order valence-electron chi connectivity index (χ3n) is 2.57. The molecule has 1 heterocycles. The number of aromatic nitrogens is 1. The summed E-state index contributed by atoms with van der Waals surface area (Å²) in [5, 5.41) is 3.27. The fourth-order valence-corrected chi connectivity index (χ4v) is 1.63. The minimum Gasteiger partial charge on any atom is -0.473 e. The van der Waals surface area contributed by atoms with E-state index in [1.807, 2.05) is 39.8 Å². The minimum absolute atomic E-state index is 0.0632. The molecule has 0 fully saturated rings. The molecule has 0 spiro atoms. The molecule has 20 heavy (non-hydrogen) atoms. The molecular weight excluding hydrogens is 254 g/mol. The van der Waals surface area contributed by atoms with E-state index in [4.69, 9.17) is 15.2 Å². The molecule has 1 rings (SSSR count). The number of ether oxygens (including phenoxy) is 2. The monoisotopic (exact) mass is 281 g/mol. The van der Waals surface area contributed by atoms with Crippen molar-refractivity contribution in [1.82, 2.24) is 4.98 Å². The van der Waals surface area contributed by atoms with E-state index in [0.717, 1.165) is 31.8 Å². The zero-order valence-corrected chi connectivity index (χ0v) is 13.0. The first kappa shape index (κ1) is 16.6. The van der Waals surface area contributed by atoms with Gasteiger partial charge < -0.3 is 20.5 Å². The molecular formula is C15H27N3O2. The molecule has 114 valence electrons. The summed E-state index contributed by atoms with van der Waals surface area (Å²) in [4.78, 5) is 4.37. The molecule has 0 unspecified atom stereocenters. The number of nitrogens with zero attached hydrogens (tertiary/aromatic N) is 1. The van der Waals surface area contributed by atoms with Crippen molar-refractivity contribution in [3.63, 3.8) is 0 Å². The van der Waals surface area contributed by atoms with Crippen LogP contribution < -0.4 is 15.8 Å². The van der Waals surface area contributed by atoms with Gasteiger partial charge in [0.1, 0.15) is 5.82 Å². The van der Waals surface area contributed by atoms with Gasteiger partial charge in [0, 0.05) is 13.2 Å². The van der Waals surface area contributed by atoms with Gasteiger partial charge in [-0.3, -0.25) is 0 Å². The molecule has 0 radical (unpaired) electrons. The van der Waals surface area contributed by atoms with Crippen LogP contribution in [0.1, 0.15) is 40.5 Å². The Morgan fingerprint density at radius 2 is 1.90 bits per heavy atom. The van der Waals surface area contributed by atoms with Crippen molar-refractivity contribution in [3.8, 4) is 5.88 Å². The largest absolute Gasteiger partial charge is 0.473 e. The lowest BCUT2D eigenvalue weighted by Crippen LogP contribution is -2.11. The van der Waals surface area contributed by atoms with Crippen molar-refractivity contribution in [3.05, 3.63) is 12.1 Å². The van der Waals surface area contributed by atoms with E-state index < -0.39 is 0 Å². The van der Waals surface area contributed by atoms with E-state index >= 15 is 0 Å². The van der Waals surface area contributed by atoms with E-state index in [-0.39, 0.29) is 6.10 Å². The Labute approximate surface area is 121 Å². The molecule has 3 N–H and O–H groups in total. The lowest BCUT2D eigenvalue weighted by atomic mass is 10.3. The number of unbranched alkanes of at least 4 members (excludes halogenated alkanes) is 1. The second kappa shape index (κ2) is 8.64.